The quantitative estimate of drug-likeness (QED) is 0.510. The molecule has 1 saturated heterocycles. The summed E-state index contributed by atoms with van der Waals surface area (Å²) in [6.07, 6.45) is 2.56. The van der Waals surface area contributed by atoms with Crippen LogP contribution >= 0.6 is 0 Å². The molecule has 1 atom stereocenters. The van der Waals surface area contributed by atoms with Gasteiger partial charge in [0.15, 0.2) is 0 Å². The summed E-state index contributed by atoms with van der Waals surface area (Å²) >= 11 is 0. The first-order chi connectivity index (χ1) is 14.9. The molecule has 4 rings (SSSR count). The molecule has 0 aliphatic carbocycles. The number of imide groups is 1. The van der Waals surface area contributed by atoms with Gasteiger partial charge in [-0.15, -0.1) is 0 Å². The monoisotopic (exact) mass is 420 g/mol. The number of hydrogen-bond acceptors (Lipinski definition) is 4. The highest BCUT2D eigenvalue weighted by atomic mass is 16.5. The smallest absolute Gasteiger partial charge is 0.325 e. The lowest BCUT2D eigenvalue weighted by Gasteiger charge is -2.22. The van der Waals surface area contributed by atoms with E-state index in [0.717, 1.165) is 21.4 Å². The number of urea groups is 1. The number of aromatic amines is 1. The summed E-state index contributed by atoms with van der Waals surface area (Å²) in [7, 11) is 1.55. The van der Waals surface area contributed by atoms with Crippen LogP contribution in [0.15, 0.2) is 54.7 Å². The van der Waals surface area contributed by atoms with Crippen molar-refractivity contribution in [3.05, 3.63) is 65.9 Å². The number of carbonyl (C=O) groups is 3. The van der Waals surface area contributed by atoms with Crippen molar-refractivity contribution in [2.45, 2.75) is 18.9 Å². The number of amides is 4. The van der Waals surface area contributed by atoms with Crippen LogP contribution in [0.2, 0.25) is 0 Å². The first-order valence-electron chi connectivity index (χ1n) is 10.0. The highest BCUT2D eigenvalue weighted by molar-refractivity contribution is 6.09. The van der Waals surface area contributed by atoms with Crippen molar-refractivity contribution in [3.63, 3.8) is 0 Å². The number of aromatic nitrogens is 1. The summed E-state index contributed by atoms with van der Waals surface area (Å²) in [5, 5.41) is 6.61. The zero-order chi connectivity index (χ0) is 22.0. The molecule has 1 aliphatic heterocycles. The van der Waals surface area contributed by atoms with Crippen LogP contribution in [0.25, 0.3) is 10.9 Å². The topological polar surface area (TPSA) is 104 Å². The Balaban J connectivity index is 1.36. The van der Waals surface area contributed by atoms with Crippen LogP contribution in [0, 0.1) is 0 Å². The van der Waals surface area contributed by atoms with Gasteiger partial charge in [-0.25, -0.2) is 4.79 Å². The molecule has 3 N–H and O–H groups in total. The number of methoxy groups -OCH3 is 1. The molecule has 1 aromatic heterocycles. The van der Waals surface area contributed by atoms with E-state index in [-0.39, 0.29) is 12.5 Å². The first-order valence-corrected chi connectivity index (χ1v) is 10.0. The average molecular weight is 420 g/mol. The number of carbonyl (C=O) groups excluding carboxylic acids is 3. The molecule has 8 nitrogen and oxygen atoms in total. The normalized spacial score (nSPS) is 18.3. The molecule has 3 aromatic rings. The number of rotatable bonds is 7. The number of ether oxygens (including phenoxy) is 1. The number of nitrogens with one attached hydrogen (secondary N) is 3. The Kier molecular flexibility index (Phi) is 5.37. The molecule has 1 unspecified atom stereocenters. The largest absolute Gasteiger partial charge is 0.497 e. The van der Waals surface area contributed by atoms with Crippen LogP contribution < -0.4 is 15.4 Å². The fourth-order valence-corrected chi connectivity index (χ4v) is 3.84. The van der Waals surface area contributed by atoms with Crippen molar-refractivity contribution < 1.29 is 19.1 Å². The van der Waals surface area contributed by atoms with Gasteiger partial charge in [0, 0.05) is 23.6 Å². The van der Waals surface area contributed by atoms with Crippen molar-refractivity contribution in [2.24, 2.45) is 0 Å². The second kappa shape index (κ2) is 8.14. The zero-order valence-corrected chi connectivity index (χ0v) is 17.4. The Bertz CT molecular complexity index is 1140. The number of H-pyrrole nitrogens is 1. The lowest BCUT2D eigenvalue weighted by molar-refractivity contribution is -0.134. The molecule has 2 heterocycles. The van der Waals surface area contributed by atoms with Crippen LogP contribution in [0.3, 0.4) is 0 Å². The summed E-state index contributed by atoms with van der Waals surface area (Å²) in [4.78, 5) is 41.9. The molecule has 160 valence electrons. The third-order valence-corrected chi connectivity index (χ3v) is 5.64. The maximum Gasteiger partial charge on any atom is 0.325 e. The maximum atomic E-state index is 13.0. The first kappa shape index (κ1) is 20.5. The fraction of sp³-hybridized carbons (Fsp3) is 0.261. The van der Waals surface area contributed by atoms with E-state index >= 15 is 0 Å². The molecule has 0 saturated carbocycles. The van der Waals surface area contributed by atoms with Gasteiger partial charge in [-0.3, -0.25) is 14.5 Å². The van der Waals surface area contributed by atoms with Crippen LogP contribution in [0.5, 0.6) is 5.75 Å². The van der Waals surface area contributed by atoms with Crippen LogP contribution in [-0.2, 0) is 21.5 Å². The van der Waals surface area contributed by atoms with Gasteiger partial charge in [-0.2, -0.15) is 0 Å². The summed E-state index contributed by atoms with van der Waals surface area (Å²) in [6.45, 7) is 1.70. The number of para-hydroxylation sites is 1. The lowest BCUT2D eigenvalue weighted by atomic mass is 9.92. The second-order valence-corrected chi connectivity index (χ2v) is 7.63. The second-order valence-electron chi connectivity index (χ2n) is 7.63. The minimum absolute atomic E-state index is 0.329. The Labute approximate surface area is 179 Å². The van der Waals surface area contributed by atoms with Gasteiger partial charge >= 0.3 is 6.03 Å². The third-order valence-electron chi connectivity index (χ3n) is 5.64. The molecule has 1 fully saturated rings. The van der Waals surface area contributed by atoms with Crippen molar-refractivity contribution in [1.29, 1.82) is 0 Å². The standard InChI is InChI=1S/C23H24N4O4/c1-23(16-7-9-17(31-2)10-8-16)21(29)27(22(30)26-23)14-20(28)24-12-11-15-13-25-19-6-4-3-5-18(15)19/h3-10,13,25H,11-12,14H2,1-2H3,(H,24,28)(H,26,30). The molecule has 31 heavy (non-hydrogen) atoms. The zero-order valence-electron chi connectivity index (χ0n) is 17.4. The van der Waals surface area contributed by atoms with Gasteiger partial charge in [0.25, 0.3) is 5.91 Å². The molecule has 8 heteroatoms. The Morgan fingerprint density at radius 3 is 2.61 bits per heavy atom. The highest BCUT2D eigenvalue weighted by Gasteiger charge is 2.49. The molecule has 2 aromatic carbocycles. The molecule has 4 amide bonds. The lowest BCUT2D eigenvalue weighted by Crippen LogP contribution is -2.43. The van der Waals surface area contributed by atoms with Gasteiger partial charge in [-0.05, 0) is 42.7 Å². The molecule has 0 bridgehead atoms. The van der Waals surface area contributed by atoms with E-state index in [2.05, 4.69) is 15.6 Å². The molecular weight excluding hydrogens is 396 g/mol. The maximum absolute atomic E-state index is 13.0. The molecule has 0 radical (unpaired) electrons. The van der Waals surface area contributed by atoms with E-state index < -0.39 is 17.5 Å². The molecule has 1 aliphatic rings. The van der Waals surface area contributed by atoms with E-state index in [1.807, 2.05) is 30.5 Å². The van der Waals surface area contributed by atoms with E-state index in [1.54, 1.807) is 38.3 Å². The Hall–Kier alpha value is -3.81. The van der Waals surface area contributed by atoms with Gasteiger partial charge in [0.05, 0.1) is 7.11 Å². The molecule has 0 spiro atoms. The summed E-state index contributed by atoms with van der Waals surface area (Å²) in [5.74, 6) is -0.202. The van der Waals surface area contributed by atoms with Gasteiger partial charge in [0.2, 0.25) is 5.91 Å². The SMILES string of the molecule is COc1ccc(C2(C)NC(=O)N(CC(=O)NCCc3c[nH]c4ccccc34)C2=O)cc1. The number of hydrogen-bond donors (Lipinski definition) is 3. The Morgan fingerprint density at radius 1 is 1.13 bits per heavy atom. The van der Waals surface area contributed by atoms with Gasteiger partial charge in [-0.1, -0.05) is 30.3 Å². The van der Waals surface area contributed by atoms with Crippen molar-refractivity contribution >= 4 is 28.7 Å². The summed E-state index contributed by atoms with van der Waals surface area (Å²) in [6, 6.07) is 14.3. The van der Waals surface area contributed by atoms with Crippen molar-refractivity contribution in [3.8, 4) is 5.75 Å². The number of benzene rings is 2. The van der Waals surface area contributed by atoms with Crippen molar-refractivity contribution in [2.75, 3.05) is 20.2 Å². The van der Waals surface area contributed by atoms with Crippen LogP contribution in [0.4, 0.5) is 4.79 Å². The summed E-state index contributed by atoms with van der Waals surface area (Å²) in [5.41, 5.74) is 1.53. The number of fused-ring (bicyclic) bond motifs is 1. The predicted octanol–water partition coefficient (Wildman–Crippen LogP) is 2.30. The minimum Gasteiger partial charge on any atom is -0.497 e. The molecular formula is C23H24N4O4. The predicted molar refractivity (Wildman–Crippen MR) is 116 cm³/mol. The average Bonchev–Trinajstić information content (AvgIpc) is 3.28. The van der Waals surface area contributed by atoms with E-state index in [4.69, 9.17) is 4.74 Å². The highest BCUT2D eigenvalue weighted by Crippen LogP contribution is 2.29. The van der Waals surface area contributed by atoms with E-state index in [1.165, 1.54) is 0 Å². The van der Waals surface area contributed by atoms with Crippen LogP contribution in [0.1, 0.15) is 18.1 Å². The van der Waals surface area contributed by atoms with E-state index in [9.17, 15) is 14.4 Å². The fourth-order valence-electron chi connectivity index (χ4n) is 3.84. The number of nitrogens with zero attached hydrogens (tertiary/aromatic N) is 1. The third kappa shape index (κ3) is 3.84. The summed E-state index contributed by atoms with van der Waals surface area (Å²) < 4.78 is 5.14. The van der Waals surface area contributed by atoms with Gasteiger partial charge in [0.1, 0.15) is 17.8 Å². The van der Waals surface area contributed by atoms with Crippen molar-refractivity contribution in [1.82, 2.24) is 20.5 Å². The van der Waals surface area contributed by atoms with Gasteiger partial charge < -0.3 is 20.4 Å². The minimum atomic E-state index is -1.23. The van der Waals surface area contributed by atoms with E-state index in [0.29, 0.717) is 24.3 Å². The Morgan fingerprint density at radius 2 is 1.87 bits per heavy atom. The van der Waals surface area contributed by atoms with Crippen LogP contribution in [-0.4, -0.2) is 47.9 Å².